The first-order valence-corrected chi connectivity index (χ1v) is 5.12. The van der Waals surface area contributed by atoms with E-state index >= 15 is 0 Å². The summed E-state index contributed by atoms with van der Waals surface area (Å²) in [6.45, 7) is 1.80. The van der Waals surface area contributed by atoms with Crippen molar-refractivity contribution in [2.24, 2.45) is 0 Å². The van der Waals surface area contributed by atoms with E-state index in [4.69, 9.17) is 10.5 Å². The van der Waals surface area contributed by atoms with Crippen molar-refractivity contribution in [1.82, 2.24) is 9.97 Å². The Kier molecular flexibility index (Phi) is 2.82. The third kappa shape index (κ3) is 2.28. The molecule has 0 amide bonds. The van der Waals surface area contributed by atoms with Gasteiger partial charge in [0.25, 0.3) is 0 Å². The lowest BCUT2D eigenvalue weighted by atomic mass is 10.1. The number of aryl methyl sites for hydroxylation is 1. The predicted molar refractivity (Wildman–Crippen MR) is 66.0 cm³/mol. The van der Waals surface area contributed by atoms with Crippen LogP contribution in [0.25, 0.3) is 11.3 Å². The first-order chi connectivity index (χ1) is 8.10. The van der Waals surface area contributed by atoms with Gasteiger partial charge >= 0.3 is 5.69 Å². The van der Waals surface area contributed by atoms with Crippen LogP contribution in [-0.2, 0) is 0 Å². The largest absolute Gasteiger partial charge is 0.497 e. The molecule has 0 saturated carbocycles. The quantitative estimate of drug-likeness (QED) is 0.764. The molecule has 0 aliphatic carbocycles. The molecule has 0 saturated heterocycles. The van der Waals surface area contributed by atoms with Gasteiger partial charge in [0.1, 0.15) is 5.75 Å². The summed E-state index contributed by atoms with van der Waals surface area (Å²) in [6.07, 6.45) is 0. The van der Waals surface area contributed by atoms with Crippen molar-refractivity contribution >= 4 is 5.69 Å². The molecule has 5 heteroatoms. The molecule has 0 spiro atoms. The van der Waals surface area contributed by atoms with Crippen LogP contribution in [0.1, 0.15) is 5.69 Å². The van der Waals surface area contributed by atoms with Crippen LogP contribution >= 0.6 is 0 Å². The smallest absolute Gasteiger partial charge is 0.345 e. The molecule has 2 aromatic rings. The van der Waals surface area contributed by atoms with Crippen LogP contribution < -0.4 is 16.2 Å². The van der Waals surface area contributed by atoms with E-state index in [2.05, 4.69) is 9.97 Å². The van der Waals surface area contributed by atoms with Crippen LogP contribution in [0.5, 0.6) is 5.75 Å². The molecule has 0 atom stereocenters. The number of aromatic amines is 1. The summed E-state index contributed by atoms with van der Waals surface area (Å²) in [4.78, 5) is 17.8. The van der Waals surface area contributed by atoms with Gasteiger partial charge in [-0.25, -0.2) is 4.79 Å². The minimum absolute atomic E-state index is 0.379. The third-order valence-electron chi connectivity index (χ3n) is 2.41. The highest BCUT2D eigenvalue weighted by Crippen LogP contribution is 2.27. The molecular formula is C12H13N3O2. The van der Waals surface area contributed by atoms with Gasteiger partial charge in [-0.3, -0.25) is 0 Å². The zero-order chi connectivity index (χ0) is 12.4. The number of nitrogens with zero attached hydrogens (tertiary/aromatic N) is 1. The molecular weight excluding hydrogens is 218 g/mol. The lowest BCUT2D eigenvalue weighted by Crippen LogP contribution is -2.12. The van der Waals surface area contributed by atoms with E-state index in [9.17, 15) is 4.79 Å². The summed E-state index contributed by atoms with van der Waals surface area (Å²) >= 11 is 0. The molecule has 1 aromatic heterocycles. The summed E-state index contributed by atoms with van der Waals surface area (Å²) in [5.41, 5.74) is 8.08. The van der Waals surface area contributed by atoms with E-state index in [1.165, 1.54) is 0 Å². The van der Waals surface area contributed by atoms with E-state index in [1.54, 1.807) is 38.3 Å². The number of anilines is 1. The Morgan fingerprint density at radius 2 is 2.12 bits per heavy atom. The number of hydrogen-bond donors (Lipinski definition) is 2. The maximum atomic E-state index is 11.3. The number of aromatic nitrogens is 2. The van der Waals surface area contributed by atoms with Gasteiger partial charge in [0.2, 0.25) is 0 Å². The highest BCUT2D eigenvalue weighted by atomic mass is 16.5. The average molecular weight is 231 g/mol. The van der Waals surface area contributed by atoms with Crippen molar-refractivity contribution in [3.8, 4) is 17.0 Å². The van der Waals surface area contributed by atoms with Crippen molar-refractivity contribution in [2.75, 3.05) is 12.8 Å². The third-order valence-corrected chi connectivity index (χ3v) is 2.41. The lowest BCUT2D eigenvalue weighted by molar-refractivity contribution is 0.415. The monoisotopic (exact) mass is 231 g/mol. The van der Waals surface area contributed by atoms with Crippen molar-refractivity contribution in [3.05, 3.63) is 40.4 Å². The molecule has 88 valence electrons. The molecule has 17 heavy (non-hydrogen) atoms. The van der Waals surface area contributed by atoms with Crippen LogP contribution in [0.2, 0.25) is 0 Å². The van der Waals surface area contributed by atoms with E-state index in [0.717, 1.165) is 11.3 Å². The standard InChI is InChI=1S/C12H13N3O2/c1-7-5-11(15-12(16)14-7)9-4-3-8(17-2)6-10(9)13/h3-6H,13H2,1-2H3,(H,14,15,16). The summed E-state index contributed by atoms with van der Waals surface area (Å²) in [5.74, 6) is 0.674. The number of nitrogen functional groups attached to an aromatic ring is 1. The number of ether oxygens (including phenoxy) is 1. The molecule has 2 rings (SSSR count). The highest BCUT2D eigenvalue weighted by molar-refractivity contribution is 5.74. The second kappa shape index (κ2) is 4.29. The van der Waals surface area contributed by atoms with Crippen LogP contribution in [-0.4, -0.2) is 17.1 Å². The van der Waals surface area contributed by atoms with Crippen molar-refractivity contribution in [1.29, 1.82) is 0 Å². The van der Waals surface area contributed by atoms with Crippen LogP contribution in [0.3, 0.4) is 0 Å². The van der Waals surface area contributed by atoms with Gasteiger partial charge in [-0.2, -0.15) is 4.98 Å². The summed E-state index contributed by atoms with van der Waals surface area (Å²) in [5, 5.41) is 0. The molecule has 1 aromatic carbocycles. The Morgan fingerprint density at radius 3 is 2.71 bits per heavy atom. The Bertz CT molecular complexity index is 605. The Labute approximate surface area is 98.3 Å². The fraction of sp³-hybridized carbons (Fsp3) is 0.167. The zero-order valence-electron chi connectivity index (χ0n) is 9.65. The maximum absolute atomic E-state index is 11.3. The van der Waals surface area contributed by atoms with E-state index < -0.39 is 0 Å². The van der Waals surface area contributed by atoms with Gasteiger partial charge in [-0.05, 0) is 25.1 Å². The summed E-state index contributed by atoms with van der Waals surface area (Å²) in [7, 11) is 1.57. The number of rotatable bonds is 2. The topological polar surface area (TPSA) is 81.0 Å². The van der Waals surface area contributed by atoms with Crippen molar-refractivity contribution in [2.45, 2.75) is 6.92 Å². The second-order valence-corrected chi connectivity index (χ2v) is 3.71. The molecule has 1 heterocycles. The van der Waals surface area contributed by atoms with Gasteiger partial charge in [0.05, 0.1) is 12.8 Å². The molecule has 3 N–H and O–H groups in total. The predicted octanol–water partition coefficient (Wildman–Crippen LogP) is 1.34. The molecule has 0 radical (unpaired) electrons. The number of nitrogens with one attached hydrogen (secondary N) is 1. The van der Waals surface area contributed by atoms with Gasteiger partial charge in [-0.15, -0.1) is 0 Å². The Morgan fingerprint density at radius 1 is 1.35 bits per heavy atom. The Balaban J connectivity index is 2.56. The van der Waals surface area contributed by atoms with E-state index in [0.29, 0.717) is 17.1 Å². The number of benzene rings is 1. The first kappa shape index (κ1) is 11.2. The summed E-state index contributed by atoms with van der Waals surface area (Å²) in [6, 6.07) is 7.05. The van der Waals surface area contributed by atoms with E-state index in [-0.39, 0.29) is 5.69 Å². The number of hydrogen-bond acceptors (Lipinski definition) is 4. The number of methoxy groups -OCH3 is 1. The normalized spacial score (nSPS) is 10.2. The van der Waals surface area contributed by atoms with Crippen LogP contribution in [0.15, 0.2) is 29.1 Å². The van der Waals surface area contributed by atoms with Gasteiger partial charge in [0.15, 0.2) is 0 Å². The number of H-pyrrole nitrogens is 1. The zero-order valence-corrected chi connectivity index (χ0v) is 9.65. The molecule has 0 fully saturated rings. The fourth-order valence-corrected chi connectivity index (χ4v) is 1.62. The average Bonchev–Trinajstić information content (AvgIpc) is 2.27. The molecule has 5 nitrogen and oxygen atoms in total. The van der Waals surface area contributed by atoms with Crippen LogP contribution in [0, 0.1) is 6.92 Å². The fourth-order valence-electron chi connectivity index (χ4n) is 1.62. The molecule has 0 aliphatic rings. The molecule has 0 unspecified atom stereocenters. The van der Waals surface area contributed by atoms with Crippen LogP contribution in [0.4, 0.5) is 5.69 Å². The summed E-state index contributed by atoms with van der Waals surface area (Å²) < 4.78 is 5.07. The van der Waals surface area contributed by atoms with Gasteiger partial charge in [0, 0.05) is 23.0 Å². The SMILES string of the molecule is COc1ccc(-c2cc(C)[nH]c(=O)n2)c(N)c1. The second-order valence-electron chi connectivity index (χ2n) is 3.71. The highest BCUT2D eigenvalue weighted by Gasteiger charge is 2.06. The van der Waals surface area contributed by atoms with Gasteiger partial charge < -0.3 is 15.5 Å². The minimum atomic E-state index is -0.379. The molecule has 0 aliphatic heterocycles. The minimum Gasteiger partial charge on any atom is -0.497 e. The van der Waals surface area contributed by atoms with Gasteiger partial charge in [-0.1, -0.05) is 0 Å². The van der Waals surface area contributed by atoms with E-state index in [1.807, 2.05) is 0 Å². The lowest BCUT2D eigenvalue weighted by Gasteiger charge is -2.07. The maximum Gasteiger partial charge on any atom is 0.345 e. The number of nitrogens with two attached hydrogens (primary N) is 1. The Hall–Kier alpha value is -2.30. The first-order valence-electron chi connectivity index (χ1n) is 5.12. The van der Waals surface area contributed by atoms with Crippen molar-refractivity contribution in [3.63, 3.8) is 0 Å². The molecule has 0 bridgehead atoms. The van der Waals surface area contributed by atoms with Crippen molar-refractivity contribution < 1.29 is 4.74 Å².